The van der Waals surface area contributed by atoms with E-state index in [0.717, 1.165) is 60.7 Å². The molecular weight excluding hydrogens is 512 g/mol. The third-order valence-corrected chi connectivity index (χ3v) is 9.72. The molecule has 0 bridgehead atoms. The van der Waals surface area contributed by atoms with Gasteiger partial charge < -0.3 is 10.6 Å². The van der Waals surface area contributed by atoms with Gasteiger partial charge in [0.1, 0.15) is 6.04 Å². The first-order chi connectivity index (χ1) is 18.6. The molecule has 0 unspecified atom stereocenters. The van der Waals surface area contributed by atoms with Crippen LogP contribution < -0.4 is 10.6 Å². The number of sulfonamides is 1. The van der Waals surface area contributed by atoms with Crippen LogP contribution in [0.2, 0.25) is 0 Å². The second kappa shape index (κ2) is 11.1. The molecule has 2 amide bonds. The van der Waals surface area contributed by atoms with Crippen LogP contribution in [0.15, 0.2) is 53.7 Å². The lowest BCUT2D eigenvalue weighted by Crippen LogP contribution is -2.51. The summed E-state index contributed by atoms with van der Waals surface area (Å²) in [4.78, 5) is 28.6. The lowest BCUT2D eigenvalue weighted by molar-refractivity contribution is -0.129. The summed E-state index contributed by atoms with van der Waals surface area (Å²) in [6.07, 6.45) is 6.18. The van der Waals surface area contributed by atoms with E-state index in [2.05, 4.69) is 41.5 Å². The second-order valence-corrected chi connectivity index (χ2v) is 13.2. The molecule has 208 valence electrons. The highest BCUT2D eigenvalue weighted by atomic mass is 32.2. The van der Waals surface area contributed by atoms with Crippen molar-refractivity contribution in [2.24, 2.45) is 5.92 Å². The number of nitrogens with one attached hydrogen (secondary N) is 2. The average molecular weight is 551 g/mol. The van der Waals surface area contributed by atoms with Gasteiger partial charge in [0.15, 0.2) is 0 Å². The molecular formula is C30H38N4O4S. The first kappa shape index (κ1) is 27.4. The van der Waals surface area contributed by atoms with Gasteiger partial charge in [0, 0.05) is 32.0 Å². The lowest BCUT2D eigenvalue weighted by atomic mass is 9.81. The van der Waals surface area contributed by atoms with Crippen molar-refractivity contribution in [3.05, 3.63) is 76.6 Å². The van der Waals surface area contributed by atoms with E-state index >= 15 is 0 Å². The van der Waals surface area contributed by atoms with Gasteiger partial charge in [0.2, 0.25) is 11.8 Å². The van der Waals surface area contributed by atoms with Crippen molar-refractivity contribution in [3.8, 4) is 0 Å². The molecule has 2 atom stereocenters. The van der Waals surface area contributed by atoms with E-state index in [9.17, 15) is 18.0 Å². The number of aryl methyl sites for hydroxylation is 1. The van der Waals surface area contributed by atoms with Crippen LogP contribution in [0, 0.1) is 12.8 Å². The summed E-state index contributed by atoms with van der Waals surface area (Å²) in [7, 11) is -4.01. The van der Waals surface area contributed by atoms with Gasteiger partial charge in [-0.05, 0) is 72.9 Å². The van der Waals surface area contributed by atoms with Crippen LogP contribution in [0.25, 0.3) is 0 Å². The van der Waals surface area contributed by atoms with Crippen LogP contribution in [0.3, 0.4) is 0 Å². The first-order valence-corrected chi connectivity index (χ1v) is 15.3. The van der Waals surface area contributed by atoms with E-state index in [0.29, 0.717) is 5.92 Å². The minimum absolute atomic E-state index is 0.0794. The number of hydrogen-bond donors (Lipinski definition) is 2. The Bertz CT molecular complexity index is 1380. The molecule has 2 aliphatic heterocycles. The zero-order valence-corrected chi connectivity index (χ0v) is 23.8. The first-order valence-electron chi connectivity index (χ1n) is 13.9. The van der Waals surface area contributed by atoms with Gasteiger partial charge in [-0.3, -0.25) is 18.8 Å². The lowest BCUT2D eigenvalue weighted by Gasteiger charge is -2.35. The maximum absolute atomic E-state index is 13.4. The Morgan fingerprint density at radius 2 is 1.87 bits per heavy atom. The summed E-state index contributed by atoms with van der Waals surface area (Å²) in [6.45, 7) is 9.48. The van der Waals surface area contributed by atoms with Crippen LogP contribution in [0.1, 0.15) is 67.0 Å². The van der Waals surface area contributed by atoms with Gasteiger partial charge in [-0.2, -0.15) is 0 Å². The molecule has 0 saturated heterocycles. The summed E-state index contributed by atoms with van der Waals surface area (Å²) in [5, 5.41) is 5.69. The maximum Gasteiger partial charge on any atom is 0.264 e. The predicted octanol–water partition coefficient (Wildman–Crippen LogP) is 3.55. The predicted molar refractivity (Wildman–Crippen MR) is 150 cm³/mol. The summed E-state index contributed by atoms with van der Waals surface area (Å²) in [5.74, 6) is -0.228. The van der Waals surface area contributed by atoms with Crippen molar-refractivity contribution in [1.82, 2.24) is 19.8 Å². The minimum atomic E-state index is -4.01. The Balaban J connectivity index is 1.32. The fraction of sp³-hybridized carbons (Fsp3) is 0.467. The third kappa shape index (κ3) is 5.75. The topological polar surface area (TPSA) is 98.8 Å². The average Bonchev–Trinajstić information content (AvgIpc) is 2.89. The zero-order chi connectivity index (χ0) is 27.7. The van der Waals surface area contributed by atoms with Crippen LogP contribution >= 0.6 is 0 Å². The number of nitrogens with zero attached hydrogens (tertiary/aromatic N) is 2. The van der Waals surface area contributed by atoms with Gasteiger partial charge in [-0.1, -0.05) is 43.7 Å². The number of benzene rings is 2. The van der Waals surface area contributed by atoms with Gasteiger partial charge in [0.05, 0.1) is 17.4 Å². The van der Waals surface area contributed by atoms with Crippen molar-refractivity contribution >= 4 is 21.8 Å². The molecule has 9 heteroatoms. The van der Waals surface area contributed by atoms with Crippen molar-refractivity contribution in [2.75, 3.05) is 13.1 Å². The number of fused-ring (bicyclic) bond motifs is 3. The number of amides is 2. The van der Waals surface area contributed by atoms with E-state index in [1.54, 1.807) is 12.1 Å². The Morgan fingerprint density at radius 3 is 2.62 bits per heavy atom. The normalized spacial score (nSPS) is 21.3. The molecule has 0 spiro atoms. The molecule has 8 nitrogen and oxygen atoms in total. The van der Waals surface area contributed by atoms with Gasteiger partial charge in [-0.25, -0.2) is 8.42 Å². The SMILES string of the molecule is Cc1ccc(S(=O)(=O)N2C=CNC(=O)[C@@H]2CC(=O)N[C@@H]2CCCc3c2ccc2c3CCN(CC(C)C)C2)cc1. The van der Waals surface area contributed by atoms with E-state index in [1.807, 2.05) is 6.92 Å². The second-order valence-electron chi connectivity index (χ2n) is 11.4. The van der Waals surface area contributed by atoms with E-state index in [1.165, 1.54) is 41.2 Å². The molecule has 2 N–H and O–H groups in total. The number of rotatable bonds is 7. The van der Waals surface area contributed by atoms with E-state index < -0.39 is 22.0 Å². The molecule has 0 saturated carbocycles. The highest BCUT2D eigenvalue weighted by molar-refractivity contribution is 7.89. The Kier molecular flexibility index (Phi) is 7.82. The standard InChI is InChI=1S/C30H38N4O4S/c1-20(2)18-33-15-13-24-22(19-33)9-12-26-25(24)5-4-6-27(26)32-29(35)17-28-30(36)31-14-16-34(28)39(37,38)23-10-7-21(3)8-11-23/h7-12,14,16,20,27-28H,4-6,13,15,17-19H2,1-3H3,(H,31,36)(H,32,35)/t27-,28+/m1/s1. The van der Waals surface area contributed by atoms with Crippen molar-refractivity contribution in [3.63, 3.8) is 0 Å². The summed E-state index contributed by atoms with van der Waals surface area (Å²) >= 11 is 0. The van der Waals surface area contributed by atoms with E-state index in [4.69, 9.17) is 0 Å². The molecule has 1 aliphatic carbocycles. The maximum atomic E-state index is 13.4. The molecule has 2 heterocycles. The third-order valence-electron chi connectivity index (χ3n) is 7.92. The Labute approximate surface area is 231 Å². The molecule has 0 aromatic heterocycles. The minimum Gasteiger partial charge on any atom is -0.349 e. The van der Waals surface area contributed by atoms with Crippen LogP contribution in [0.4, 0.5) is 0 Å². The van der Waals surface area contributed by atoms with Crippen molar-refractivity contribution < 1.29 is 18.0 Å². The van der Waals surface area contributed by atoms with Crippen LogP contribution in [-0.2, 0) is 39.0 Å². The molecule has 2 aromatic carbocycles. The number of carbonyl (C=O) groups is 2. The van der Waals surface area contributed by atoms with E-state index in [-0.39, 0.29) is 23.3 Å². The highest BCUT2D eigenvalue weighted by Crippen LogP contribution is 2.36. The molecule has 39 heavy (non-hydrogen) atoms. The fourth-order valence-corrected chi connectivity index (χ4v) is 7.54. The van der Waals surface area contributed by atoms with Gasteiger partial charge in [-0.15, -0.1) is 0 Å². The monoisotopic (exact) mass is 550 g/mol. The van der Waals surface area contributed by atoms with Crippen LogP contribution in [0.5, 0.6) is 0 Å². The molecule has 2 aromatic rings. The van der Waals surface area contributed by atoms with Crippen molar-refractivity contribution in [2.45, 2.75) is 76.4 Å². The Morgan fingerprint density at radius 1 is 1.10 bits per heavy atom. The van der Waals surface area contributed by atoms with Crippen molar-refractivity contribution in [1.29, 1.82) is 0 Å². The molecule has 0 radical (unpaired) electrons. The summed E-state index contributed by atoms with van der Waals surface area (Å²) in [6, 6.07) is 9.51. The van der Waals surface area contributed by atoms with Gasteiger partial charge in [0.25, 0.3) is 10.0 Å². The number of carbonyl (C=O) groups excluding carboxylic acids is 2. The summed E-state index contributed by atoms with van der Waals surface area (Å²) < 4.78 is 27.7. The number of hydrogen-bond acceptors (Lipinski definition) is 5. The highest BCUT2D eigenvalue weighted by Gasteiger charge is 2.37. The van der Waals surface area contributed by atoms with Gasteiger partial charge >= 0.3 is 0 Å². The largest absolute Gasteiger partial charge is 0.349 e. The summed E-state index contributed by atoms with van der Waals surface area (Å²) in [5.41, 5.74) is 6.26. The smallest absolute Gasteiger partial charge is 0.264 e. The molecule has 3 aliphatic rings. The Hall–Kier alpha value is -3.17. The molecule has 5 rings (SSSR count). The zero-order valence-electron chi connectivity index (χ0n) is 22.9. The molecule has 0 fully saturated rings. The van der Waals surface area contributed by atoms with Crippen LogP contribution in [-0.4, -0.2) is 48.6 Å². The fourth-order valence-electron chi connectivity index (χ4n) is 6.09. The quantitative estimate of drug-likeness (QED) is 0.550.